The maximum Gasteiger partial charge on any atom is 0.220 e. The number of primary amides is 1. The van der Waals surface area contributed by atoms with Gasteiger partial charge in [0.05, 0.1) is 0 Å². The molecule has 0 saturated heterocycles. The van der Waals surface area contributed by atoms with Crippen LogP contribution in [0.1, 0.15) is 58.3 Å². The van der Waals surface area contributed by atoms with Gasteiger partial charge in [0.2, 0.25) is 29.5 Å². The van der Waals surface area contributed by atoms with Crippen LogP contribution in [0.25, 0.3) is 0 Å². The molecule has 0 radical (unpaired) electrons. The maximum absolute atomic E-state index is 11.7. The van der Waals surface area contributed by atoms with E-state index in [2.05, 4.69) is 21.3 Å². The fourth-order valence-electron chi connectivity index (χ4n) is 2.22. The van der Waals surface area contributed by atoms with E-state index in [1.165, 1.54) is 6.92 Å². The van der Waals surface area contributed by atoms with Crippen LogP contribution in [0.5, 0.6) is 0 Å². The van der Waals surface area contributed by atoms with Crippen LogP contribution in [0.2, 0.25) is 0 Å². The van der Waals surface area contributed by atoms with Gasteiger partial charge >= 0.3 is 0 Å². The fraction of sp³-hybridized carbons (Fsp3) is 0.722. The molecule has 0 aliphatic heterocycles. The highest BCUT2D eigenvalue weighted by Crippen LogP contribution is 1.93. The average Bonchev–Trinajstić information content (AvgIpc) is 2.62. The van der Waals surface area contributed by atoms with Crippen LogP contribution >= 0.6 is 0 Å². The summed E-state index contributed by atoms with van der Waals surface area (Å²) in [7, 11) is 0. The lowest BCUT2D eigenvalue weighted by Gasteiger charge is -2.07. The predicted molar refractivity (Wildman–Crippen MR) is 104 cm³/mol. The third-order valence-corrected chi connectivity index (χ3v) is 3.68. The van der Waals surface area contributed by atoms with Crippen LogP contribution in [-0.4, -0.2) is 55.7 Å². The summed E-state index contributed by atoms with van der Waals surface area (Å²) in [4.78, 5) is 56.0. The summed E-state index contributed by atoms with van der Waals surface area (Å²) in [6.45, 7) is 3.13. The minimum absolute atomic E-state index is 0.104. The fourth-order valence-corrected chi connectivity index (χ4v) is 2.22. The van der Waals surface area contributed by atoms with E-state index < -0.39 is 5.91 Å². The van der Waals surface area contributed by atoms with Crippen molar-refractivity contribution in [3.05, 3.63) is 0 Å². The van der Waals surface area contributed by atoms with E-state index in [4.69, 9.17) is 5.73 Å². The van der Waals surface area contributed by atoms with E-state index >= 15 is 0 Å². The van der Waals surface area contributed by atoms with Gasteiger partial charge in [0, 0.05) is 58.8 Å². The van der Waals surface area contributed by atoms with Crippen LogP contribution in [0.15, 0.2) is 0 Å². The van der Waals surface area contributed by atoms with Crippen LogP contribution in [0, 0.1) is 0 Å². The first kappa shape index (κ1) is 25.4. The molecule has 0 aliphatic rings. The molecule has 0 fully saturated rings. The van der Waals surface area contributed by atoms with Gasteiger partial charge in [-0.3, -0.25) is 24.0 Å². The van der Waals surface area contributed by atoms with E-state index in [1.54, 1.807) is 0 Å². The summed E-state index contributed by atoms with van der Waals surface area (Å²) < 4.78 is 0. The molecule has 0 rings (SSSR count). The van der Waals surface area contributed by atoms with Gasteiger partial charge in [-0.25, -0.2) is 0 Å². The number of amides is 5. The molecule has 10 nitrogen and oxygen atoms in total. The Labute approximate surface area is 165 Å². The lowest BCUT2D eigenvalue weighted by atomic mass is 10.2. The van der Waals surface area contributed by atoms with Crippen molar-refractivity contribution in [2.45, 2.75) is 58.3 Å². The normalized spacial score (nSPS) is 10.0. The molecule has 10 heteroatoms. The Hall–Kier alpha value is -2.65. The van der Waals surface area contributed by atoms with Crippen molar-refractivity contribution in [1.82, 2.24) is 21.3 Å². The highest BCUT2D eigenvalue weighted by atomic mass is 16.2. The van der Waals surface area contributed by atoms with Gasteiger partial charge in [0.25, 0.3) is 0 Å². The molecule has 0 unspecified atom stereocenters. The molecule has 0 saturated carbocycles. The quantitative estimate of drug-likeness (QED) is 0.212. The zero-order chi connectivity index (χ0) is 21.2. The minimum Gasteiger partial charge on any atom is -0.370 e. The molecule has 0 heterocycles. The molecule has 28 heavy (non-hydrogen) atoms. The zero-order valence-corrected chi connectivity index (χ0v) is 16.6. The lowest BCUT2D eigenvalue weighted by Crippen LogP contribution is -2.29. The van der Waals surface area contributed by atoms with Gasteiger partial charge in [0.15, 0.2) is 0 Å². The largest absolute Gasteiger partial charge is 0.370 e. The smallest absolute Gasteiger partial charge is 0.220 e. The Morgan fingerprint density at radius 1 is 0.571 bits per heavy atom. The summed E-state index contributed by atoms with van der Waals surface area (Å²) in [5, 5.41) is 10.8. The van der Waals surface area contributed by atoms with E-state index in [9.17, 15) is 24.0 Å². The zero-order valence-electron chi connectivity index (χ0n) is 16.6. The number of rotatable bonds is 16. The first-order valence-electron chi connectivity index (χ1n) is 9.64. The van der Waals surface area contributed by atoms with Gasteiger partial charge in [-0.2, -0.15) is 0 Å². The number of hydrogen-bond donors (Lipinski definition) is 5. The van der Waals surface area contributed by atoms with Crippen LogP contribution in [0.3, 0.4) is 0 Å². The Kier molecular flexibility index (Phi) is 15.0. The van der Waals surface area contributed by atoms with E-state index in [-0.39, 0.29) is 30.0 Å². The molecular formula is C18H33N5O5. The predicted octanol–water partition coefficient (Wildman–Crippen LogP) is -0.923. The Balaban J connectivity index is 3.50. The summed E-state index contributed by atoms with van der Waals surface area (Å²) in [5.74, 6) is -0.861. The minimum atomic E-state index is -0.390. The highest BCUT2D eigenvalue weighted by Gasteiger charge is 2.05. The molecule has 6 N–H and O–H groups in total. The van der Waals surface area contributed by atoms with Crippen molar-refractivity contribution >= 4 is 29.5 Å². The molecular weight excluding hydrogens is 366 g/mol. The third kappa shape index (κ3) is 18.2. The second-order valence-corrected chi connectivity index (χ2v) is 6.41. The molecule has 0 atom stereocenters. The standard InChI is InChI=1S/C18H33N5O5/c1-14(24)20-10-3-7-16(26)22-12-5-9-18(28)23-13-4-8-17(27)21-11-2-6-15(19)25/h2-13H2,1H3,(H2,19,25)(H,20,24)(H,21,27)(H,22,26)(H,23,28). The Bertz CT molecular complexity index is 480. The first-order valence-corrected chi connectivity index (χ1v) is 9.64. The molecule has 160 valence electrons. The Morgan fingerprint density at radius 2 is 0.893 bits per heavy atom. The second-order valence-electron chi connectivity index (χ2n) is 6.41. The topological polar surface area (TPSA) is 159 Å². The van der Waals surface area contributed by atoms with Crippen molar-refractivity contribution < 1.29 is 24.0 Å². The van der Waals surface area contributed by atoms with Crippen molar-refractivity contribution in [2.24, 2.45) is 5.73 Å². The van der Waals surface area contributed by atoms with E-state index in [0.29, 0.717) is 71.1 Å². The van der Waals surface area contributed by atoms with Crippen LogP contribution < -0.4 is 27.0 Å². The molecule has 0 aromatic heterocycles. The third-order valence-electron chi connectivity index (χ3n) is 3.68. The summed E-state index contributed by atoms with van der Waals surface area (Å²) >= 11 is 0. The Morgan fingerprint density at radius 3 is 1.21 bits per heavy atom. The van der Waals surface area contributed by atoms with Gasteiger partial charge in [0.1, 0.15) is 0 Å². The van der Waals surface area contributed by atoms with Crippen LogP contribution in [-0.2, 0) is 24.0 Å². The average molecular weight is 399 g/mol. The van der Waals surface area contributed by atoms with Gasteiger partial charge in [-0.15, -0.1) is 0 Å². The van der Waals surface area contributed by atoms with Crippen molar-refractivity contribution in [2.75, 3.05) is 26.2 Å². The summed E-state index contributed by atoms with van der Waals surface area (Å²) in [5.41, 5.74) is 5.00. The maximum atomic E-state index is 11.7. The molecule has 5 amide bonds. The highest BCUT2D eigenvalue weighted by molar-refractivity contribution is 5.78. The van der Waals surface area contributed by atoms with Crippen LogP contribution in [0.4, 0.5) is 0 Å². The van der Waals surface area contributed by atoms with Gasteiger partial charge in [-0.05, 0) is 25.7 Å². The van der Waals surface area contributed by atoms with Crippen molar-refractivity contribution in [3.63, 3.8) is 0 Å². The number of carbonyl (C=O) groups is 5. The van der Waals surface area contributed by atoms with E-state index in [0.717, 1.165) is 0 Å². The number of nitrogens with one attached hydrogen (secondary N) is 4. The summed E-state index contributed by atoms with van der Waals surface area (Å²) in [6, 6.07) is 0. The lowest BCUT2D eigenvalue weighted by molar-refractivity contribution is -0.123. The number of hydrogen-bond acceptors (Lipinski definition) is 5. The van der Waals surface area contributed by atoms with Gasteiger partial charge < -0.3 is 27.0 Å². The molecule has 0 aromatic carbocycles. The summed E-state index contributed by atoms with van der Waals surface area (Å²) in [6.07, 6.45) is 3.32. The van der Waals surface area contributed by atoms with Gasteiger partial charge in [-0.1, -0.05) is 0 Å². The SMILES string of the molecule is CC(=O)NCCCC(=O)NCCCC(=O)NCCCC(=O)NCCCC(N)=O. The second kappa shape index (κ2) is 16.5. The molecule has 0 aliphatic carbocycles. The number of nitrogens with two attached hydrogens (primary N) is 1. The monoisotopic (exact) mass is 399 g/mol. The van der Waals surface area contributed by atoms with Crippen molar-refractivity contribution in [1.29, 1.82) is 0 Å². The van der Waals surface area contributed by atoms with E-state index in [1.807, 2.05) is 0 Å². The number of carbonyl (C=O) groups excluding carboxylic acids is 5. The van der Waals surface area contributed by atoms with Crippen molar-refractivity contribution in [3.8, 4) is 0 Å². The molecule has 0 spiro atoms. The molecule has 0 bridgehead atoms. The first-order chi connectivity index (χ1) is 13.3. The molecule has 0 aromatic rings.